The molecule has 6 heteroatoms. The van der Waals surface area contributed by atoms with Gasteiger partial charge in [0.15, 0.2) is 0 Å². The molecule has 2 rings (SSSR count). The van der Waals surface area contributed by atoms with Crippen molar-refractivity contribution >= 4 is 36.8 Å². The summed E-state index contributed by atoms with van der Waals surface area (Å²) in [5, 5.41) is 18.1. The van der Waals surface area contributed by atoms with Crippen LogP contribution in [0.5, 0.6) is 0 Å². The molecule has 0 saturated heterocycles. The molecule has 0 aliphatic heterocycles. The zero-order valence-corrected chi connectivity index (χ0v) is 13.6. The standard InChI is InChI=1S/C16H14O4.2ClH/c1-9-3-4-12(8-14(9)16(19)20)11-5-6-13(15(17)18)10(2)7-11;;/h3-8H,1-2H3,(H,17,18)(H,19,20);2*1H. The van der Waals surface area contributed by atoms with Crippen LogP contribution in [0.25, 0.3) is 11.1 Å². The van der Waals surface area contributed by atoms with Gasteiger partial charge in [-0.3, -0.25) is 0 Å². The molecule has 0 radical (unpaired) electrons. The van der Waals surface area contributed by atoms with Crippen LogP contribution in [0.3, 0.4) is 0 Å². The minimum absolute atomic E-state index is 0. The predicted octanol–water partition coefficient (Wildman–Crippen LogP) is 4.21. The van der Waals surface area contributed by atoms with Crippen molar-refractivity contribution in [2.24, 2.45) is 0 Å². The number of benzene rings is 2. The van der Waals surface area contributed by atoms with E-state index in [4.69, 9.17) is 10.2 Å². The third kappa shape index (κ3) is 4.00. The van der Waals surface area contributed by atoms with Gasteiger partial charge in [-0.15, -0.1) is 24.8 Å². The van der Waals surface area contributed by atoms with Crippen LogP contribution in [0.15, 0.2) is 36.4 Å². The van der Waals surface area contributed by atoms with Crippen LogP contribution in [-0.2, 0) is 0 Å². The number of rotatable bonds is 3. The lowest BCUT2D eigenvalue weighted by Gasteiger charge is -2.08. The lowest BCUT2D eigenvalue weighted by molar-refractivity contribution is 0.0685. The first-order valence-electron chi connectivity index (χ1n) is 6.08. The molecule has 0 aliphatic rings. The lowest BCUT2D eigenvalue weighted by atomic mass is 9.97. The second-order valence-corrected chi connectivity index (χ2v) is 4.67. The number of halogens is 2. The van der Waals surface area contributed by atoms with E-state index in [1.165, 1.54) is 6.07 Å². The predicted molar refractivity (Wildman–Crippen MR) is 89.8 cm³/mol. The van der Waals surface area contributed by atoms with Crippen LogP contribution in [0, 0.1) is 13.8 Å². The summed E-state index contributed by atoms with van der Waals surface area (Å²) in [6, 6.07) is 10.2. The largest absolute Gasteiger partial charge is 0.478 e. The molecule has 0 aromatic heterocycles. The SMILES string of the molecule is Cc1cc(-c2ccc(C)c(C(=O)O)c2)ccc1C(=O)O.Cl.Cl. The molecule has 118 valence electrons. The summed E-state index contributed by atoms with van der Waals surface area (Å²) in [6.45, 7) is 3.46. The van der Waals surface area contributed by atoms with E-state index in [1.807, 2.05) is 6.07 Å². The molecule has 2 aromatic rings. The molecule has 0 spiro atoms. The summed E-state index contributed by atoms with van der Waals surface area (Å²) in [6.07, 6.45) is 0. The van der Waals surface area contributed by atoms with Crippen LogP contribution in [0.4, 0.5) is 0 Å². The van der Waals surface area contributed by atoms with Gasteiger partial charge in [-0.2, -0.15) is 0 Å². The number of carboxylic acid groups (broad SMARTS) is 2. The molecule has 0 atom stereocenters. The third-order valence-electron chi connectivity index (χ3n) is 3.26. The van der Waals surface area contributed by atoms with E-state index in [2.05, 4.69) is 0 Å². The fraction of sp³-hybridized carbons (Fsp3) is 0.125. The Morgan fingerprint density at radius 1 is 0.727 bits per heavy atom. The van der Waals surface area contributed by atoms with Gasteiger partial charge in [0.25, 0.3) is 0 Å². The average molecular weight is 343 g/mol. The number of hydrogen-bond acceptors (Lipinski definition) is 2. The molecule has 0 unspecified atom stereocenters. The van der Waals surface area contributed by atoms with E-state index in [-0.39, 0.29) is 35.9 Å². The van der Waals surface area contributed by atoms with Gasteiger partial charge in [-0.05, 0) is 48.2 Å². The van der Waals surface area contributed by atoms with E-state index >= 15 is 0 Å². The highest BCUT2D eigenvalue weighted by Crippen LogP contribution is 2.25. The quantitative estimate of drug-likeness (QED) is 0.875. The Kier molecular flexibility index (Phi) is 7.10. The summed E-state index contributed by atoms with van der Waals surface area (Å²) >= 11 is 0. The molecular weight excluding hydrogens is 327 g/mol. The summed E-state index contributed by atoms with van der Waals surface area (Å²) in [4.78, 5) is 22.1. The molecule has 2 aromatic carbocycles. The summed E-state index contributed by atoms with van der Waals surface area (Å²) in [5.74, 6) is -1.94. The van der Waals surface area contributed by atoms with Crippen molar-refractivity contribution in [1.29, 1.82) is 0 Å². The van der Waals surface area contributed by atoms with E-state index in [9.17, 15) is 9.59 Å². The van der Waals surface area contributed by atoms with Crippen LogP contribution in [-0.4, -0.2) is 22.2 Å². The average Bonchev–Trinajstić information content (AvgIpc) is 2.38. The number of aryl methyl sites for hydroxylation is 2. The Hall–Kier alpha value is -2.04. The Bertz CT molecular complexity index is 711. The van der Waals surface area contributed by atoms with Gasteiger partial charge in [0, 0.05) is 0 Å². The summed E-state index contributed by atoms with van der Waals surface area (Å²) in [5.41, 5.74) is 3.40. The number of aromatic carboxylic acids is 2. The van der Waals surface area contributed by atoms with Gasteiger partial charge in [0.2, 0.25) is 0 Å². The zero-order valence-electron chi connectivity index (χ0n) is 12.0. The van der Waals surface area contributed by atoms with Gasteiger partial charge < -0.3 is 10.2 Å². The van der Waals surface area contributed by atoms with Crippen molar-refractivity contribution in [2.75, 3.05) is 0 Å². The van der Waals surface area contributed by atoms with Gasteiger partial charge in [0.05, 0.1) is 11.1 Å². The molecule has 4 nitrogen and oxygen atoms in total. The normalized spacial score (nSPS) is 9.36. The smallest absolute Gasteiger partial charge is 0.335 e. The maximum absolute atomic E-state index is 11.1. The number of hydrogen-bond donors (Lipinski definition) is 2. The second kappa shape index (κ2) is 7.82. The zero-order chi connectivity index (χ0) is 14.9. The molecule has 0 amide bonds. The van der Waals surface area contributed by atoms with Crippen molar-refractivity contribution in [1.82, 2.24) is 0 Å². The maximum Gasteiger partial charge on any atom is 0.335 e. The minimum Gasteiger partial charge on any atom is -0.478 e. The minimum atomic E-state index is -0.969. The molecule has 0 fully saturated rings. The van der Waals surface area contributed by atoms with Gasteiger partial charge in [-0.1, -0.05) is 24.3 Å². The topological polar surface area (TPSA) is 74.6 Å². The molecular formula is C16H16Cl2O4. The highest BCUT2D eigenvalue weighted by molar-refractivity contribution is 5.92. The van der Waals surface area contributed by atoms with E-state index < -0.39 is 11.9 Å². The highest BCUT2D eigenvalue weighted by atomic mass is 35.5. The van der Waals surface area contributed by atoms with Crippen molar-refractivity contribution in [2.45, 2.75) is 13.8 Å². The van der Waals surface area contributed by atoms with Crippen molar-refractivity contribution < 1.29 is 19.8 Å². The molecule has 0 heterocycles. The van der Waals surface area contributed by atoms with Crippen molar-refractivity contribution in [3.63, 3.8) is 0 Å². The Morgan fingerprint density at radius 2 is 1.23 bits per heavy atom. The summed E-state index contributed by atoms with van der Waals surface area (Å²) in [7, 11) is 0. The molecule has 2 N–H and O–H groups in total. The fourth-order valence-corrected chi connectivity index (χ4v) is 2.12. The van der Waals surface area contributed by atoms with Gasteiger partial charge >= 0.3 is 11.9 Å². The monoisotopic (exact) mass is 342 g/mol. The Morgan fingerprint density at radius 3 is 1.73 bits per heavy atom. The first kappa shape index (κ1) is 20.0. The Labute approximate surface area is 140 Å². The summed E-state index contributed by atoms with van der Waals surface area (Å²) < 4.78 is 0. The van der Waals surface area contributed by atoms with Gasteiger partial charge in [-0.25, -0.2) is 9.59 Å². The molecule has 0 saturated carbocycles. The van der Waals surface area contributed by atoms with Crippen LogP contribution >= 0.6 is 24.8 Å². The molecule has 0 aliphatic carbocycles. The molecule has 0 bridgehead atoms. The van der Waals surface area contributed by atoms with E-state index in [0.717, 1.165) is 11.1 Å². The van der Waals surface area contributed by atoms with Crippen LogP contribution in [0.2, 0.25) is 0 Å². The number of carboxylic acids is 2. The fourth-order valence-electron chi connectivity index (χ4n) is 2.12. The lowest BCUT2D eigenvalue weighted by Crippen LogP contribution is -2.01. The maximum atomic E-state index is 11.1. The highest BCUT2D eigenvalue weighted by Gasteiger charge is 2.11. The molecule has 22 heavy (non-hydrogen) atoms. The van der Waals surface area contributed by atoms with Crippen LogP contribution < -0.4 is 0 Å². The van der Waals surface area contributed by atoms with E-state index in [1.54, 1.807) is 38.1 Å². The third-order valence-corrected chi connectivity index (χ3v) is 3.26. The van der Waals surface area contributed by atoms with Gasteiger partial charge in [0.1, 0.15) is 0 Å². The van der Waals surface area contributed by atoms with Crippen molar-refractivity contribution in [3.8, 4) is 11.1 Å². The first-order valence-corrected chi connectivity index (χ1v) is 6.08. The Balaban J connectivity index is 0.00000220. The first-order chi connectivity index (χ1) is 9.40. The van der Waals surface area contributed by atoms with Crippen LogP contribution in [0.1, 0.15) is 31.8 Å². The number of carbonyl (C=O) groups is 2. The van der Waals surface area contributed by atoms with Crippen molar-refractivity contribution in [3.05, 3.63) is 58.7 Å². The second-order valence-electron chi connectivity index (χ2n) is 4.67. The van der Waals surface area contributed by atoms with E-state index in [0.29, 0.717) is 11.1 Å².